The molecular formula is C13H21N3O3. The van der Waals surface area contributed by atoms with Crippen molar-refractivity contribution in [3.63, 3.8) is 0 Å². The normalized spacial score (nSPS) is 25.8. The Morgan fingerprint density at radius 1 is 1.47 bits per heavy atom. The lowest BCUT2D eigenvalue weighted by Crippen LogP contribution is -2.60. The number of piperazine rings is 1. The molecule has 0 radical (unpaired) electrons. The van der Waals surface area contributed by atoms with Crippen molar-refractivity contribution in [3.8, 4) is 0 Å². The molecule has 0 aromatic heterocycles. The van der Waals surface area contributed by atoms with Crippen molar-refractivity contribution in [2.75, 3.05) is 13.1 Å². The molecule has 6 heteroatoms. The van der Waals surface area contributed by atoms with Gasteiger partial charge in [0.2, 0.25) is 17.7 Å². The van der Waals surface area contributed by atoms with Crippen molar-refractivity contribution in [1.82, 2.24) is 10.2 Å². The summed E-state index contributed by atoms with van der Waals surface area (Å²) in [6.45, 7) is 2.30. The van der Waals surface area contributed by atoms with Crippen molar-refractivity contribution >= 4 is 17.7 Å². The summed E-state index contributed by atoms with van der Waals surface area (Å²) in [7, 11) is 0. The Kier molecular flexibility index (Phi) is 3.89. The van der Waals surface area contributed by atoms with E-state index in [1.165, 1.54) is 4.90 Å². The van der Waals surface area contributed by atoms with Gasteiger partial charge in [0.1, 0.15) is 12.6 Å². The molecule has 2 fully saturated rings. The zero-order chi connectivity index (χ0) is 14.0. The summed E-state index contributed by atoms with van der Waals surface area (Å²) in [5, 5.41) is 2.27. The first-order valence-corrected chi connectivity index (χ1v) is 6.84. The predicted octanol–water partition coefficient (Wildman–Crippen LogP) is -0.231. The maximum Gasteiger partial charge on any atom is 0.249 e. The van der Waals surface area contributed by atoms with E-state index < -0.39 is 11.9 Å². The number of carbonyl (C=O) groups excluding carboxylic acids is 3. The van der Waals surface area contributed by atoms with Crippen LogP contribution in [0.2, 0.25) is 0 Å². The van der Waals surface area contributed by atoms with Crippen LogP contribution in [0, 0.1) is 5.41 Å². The van der Waals surface area contributed by atoms with Crippen molar-refractivity contribution in [3.05, 3.63) is 0 Å². The van der Waals surface area contributed by atoms with Crippen LogP contribution in [-0.4, -0.2) is 41.8 Å². The second-order valence-corrected chi connectivity index (χ2v) is 5.59. The quantitative estimate of drug-likeness (QED) is 0.688. The van der Waals surface area contributed by atoms with Crippen LogP contribution in [0.4, 0.5) is 0 Å². The van der Waals surface area contributed by atoms with Gasteiger partial charge >= 0.3 is 0 Å². The SMILES string of the molecule is CCC1C(=O)NC(=O)CN1C(=O)CC1(CN)CCC1. The lowest BCUT2D eigenvalue weighted by Gasteiger charge is -2.43. The van der Waals surface area contributed by atoms with Crippen LogP contribution in [0.25, 0.3) is 0 Å². The number of amides is 3. The fourth-order valence-electron chi connectivity index (χ4n) is 2.89. The van der Waals surface area contributed by atoms with Crippen LogP contribution >= 0.6 is 0 Å². The summed E-state index contributed by atoms with van der Waals surface area (Å²) in [5.41, 5.74) is 5.65. The molecule has 106 valence electrons. The van der Waals surface area contributed by atoms with Gasteiger partial charge in [-0.15, -0.1) is 0 Å². The molecule has 0 spiro atoms. The molecule has 1 saturated heterocycles. The highest BCUT2D eigenvalue weighted by Crippen LogP contribution is 2.43. The minimum Gasteiger partial charge on any atom is -0.330 e. The van der Waals surface area contributed by atoms with Gasteiger partial charge in [-0.05, 0) is 31.2 Å². The van der Waals surface area contributed by atoms with Gasteiger partial charge in [-0.1, -0.05) is 13.3 Å². The Morgan fingerprint density at radius 3 is 2.63 bits per heavy atom. The smallest absolute Gasteiger partial charge is 0.249 e. The molecule has 0 aromatic carbocycles. The maximum absolute atomic E-state index is 12.4. The Morgan fingerprint density at radius 2 is 2.16 bits per heavy atom. The summed E-state index contributed by atoms with van der Waals surface area (Å²) in [6, 6.07) is -0.528. The third-order valence-corrected chi connectivity index (χ3v) is 4.34. The van der Waals surface area contributed by atoms with Gasteiger partial charge in [0.05, 0.1) is 0 Å². The van der Waals surface area contributed by atoms with Gasteiger partial charge in [-0.3, -0.25) is 19.7 Å². The highest BCUT2D eigenvalue weighted by molar-refractivity contribution is 6.04. The lowest BCUT2D eigenvalue weighted by molar-refractivity contribution is -0.152. The molecule has 3 N–H and O–H groups in total. The summed E-state index contributed by atoms with van der Waals surface area (Å²) in [6.07, 6.45) is 3.88. The first-order chi connectivity index (χ1) is 9.01. The average molecular weight is 267 g/mol. The highest BCUT2D eigenvalue weighted by Gasteiger charge is 2.42. The fraction of sp³-hybridized carbons (Fsp3) is 0.769. The van der Waals surface area contributed by atoms with E-state index in [4.69, 9.17) is 5.73 Å². The average Bonchev–Trinajstić information content (AvgIpc) is 2.32. The van der Waals surface area contributed by atoms with Crippen LogP contribution in [0.1, 0.15) is 39.0 Å². The Hall–Kier alpha value is -1.43. The van der Waals surface area contributed by atoms with Crippen molar-refractivity contribution in [2.45, 2.75) is 45.1 Å². The van der Waals surface area contributed by atoms with E-state index in [9.17, 15) is 14.4 Å². The lowest BCUT2D eigenvalue weighted by atomic mass is 9.66. The van der Waals surface area contributed by atoms with E-state index in [0.29, 0.717) is 19.4 Å². The molecule has 1 aliphatic heterocycles. The first-order valence-electron chi connectivity index (χ1n) is 6.84. The summed E-state index contributed by atoms with van der Waals surface area (Å²) in [5.74, 6) is -0.902. The zero-order valence-electron chi connectivity index (χ0n) is 11.3. The van der Waals surface area contributed by atoms with Crippen LogP contribution in [0.5, 0.6) is 0 Å². The third-order valence-electron chi connectivity index (χ3n) is 4.34. The summed E-state index contributed by atoms with van der Waals surface area (Å²) in [4.78, 5) is 36.9. The number of carbonyl (C=O) groups is 3. The van der Waals surface area contributed by atoms with Crippen molar-refractivity contribution in [1.29, 1.82) is 0 Å². The van der Waals surface area contributed by atoms with Crippen LogP contribution < -0.4 is 11.1 Å². The molecule has 1 heterocycles. The number of hydrogen-bond acceptors (Lipinski definition) is 4. The van der Waals surface area contributed by atoms with E-state index in [1.54, 1.807) is 0 Å². The highest BCUT2D eigenvalue weighted by atomic mass is 16.2. The monoisotopic (exact) mass is 267 g/mol. The van der Waals surface area contributed by atoms with Crippen LogP contribution in [-0.2, 0) is 14.4 Å². The van der Waals surface area contributed by atoms with Gasteiger partial charge < -0.3 is 10.6 Å². The van der Waals surface area contributed by atoms with E-state index in [2.05, 4.69) is 5.32 Å². The van der Waals surface area contributed by atoms with Crippen LogP contribution in [0.15, 0.2) is 0 Å². The van der Waals surface area contributed by atoms with Crippen molar-refractivity contribution < 1.29 is 14.4 Å². The predicted molar refractivity (Wildman–Crippen MR) is 68.9 cm³/mol. The van der Waals surface area contributed by atoms with E-state index in [1.807, 2.05) is 6.92 Å². The molecule has 0 bridgehead atoms. The van der Waals surface area contributed by atoms with Crippen LogP contribution in [0.3, 0.4) is 0 Å². The number of imide groups is 1. The molecule has 2 aliphatic rings. The molecule has 1 saturated carbocycles. The number of nitrogens with one attached hydrogen (secondary N) is 1. The molecule has 1 unspecified atom stereocenters. The van der Waals surface area contributed by atoms with Gasteiger partial charge in [0.25, 0.3) is 0 Å². The number of rotatable bonds is 4. The molecular weight excluding hydrogens is 246 g/mol. The fourth-order valence-corrected chi connectivity index (χ4v) is 2.89. The molecule has 2 rings (SSSR count). The Balaban J connectivity index is 2.07. The first kappa shape index (κ1) is 14.0. The third kappa shape index (κ3) is 2.63. The number of hydrogen-bond donors (Lipinski definition) is 2. The molecule has 0 aromatic rings. The molecule has 3 amide bonds. The maximum atomic E-state index is 12.4. The zero-order valence-corrected chi connectivity index (χ0v) is 11.3. The van der Waals surface area contributed by atoms with Gasteiger partial charge in [-0.2, -0.15) is 0 Å². The minimum atomic E-state index is -0.528. The summed E-state index contributed by atoms with van der Waals surface area (Å²) >= 11 is 0. The number of nitrogens with zero attached hydrogens (tertiary/aromatic N) is 1. The van der Waals surface area contributed by atoms with Gasteiger partial charge in [0, 0.05) is 6.42 Å². The standard InChI is InChI=1S/C13H21N3O3/c1-2-9-12(19)15-10(17)7-16(9)11(18)6-13(8-14)4-3-5-13/h9H,2-8,14H2,1H3,(H,15,17,19). The van der Waals surface area contributed by atoms with Crippen molar-refractivity contribution in [2.24, 2.45) is 11.1 Å². The summed E-state index contributed by atoms with van der Waals surface area (Å²) < 4.78 is 0. The van der Waals surface area contributed by atoms with Gasteiger partial charge in [0.15, 0.2) is 0 Å². The molecule has 1 aliphatic carbocycles. The molecule has 19 heavy (non-hydrogen) atoms. The van der Waals surface area contributed by atoms with E-state index in [-0.39, 0.29) is 23.8 Å². The largest absolute Gasteiger partial charge is 0.330 e. The van der Waals surface area contributed by atoms with E-state index in [0.717, 1.165) is 19.3 Å². The van der Waals surface area contributed by atoms with E-state index >= 15 is 0 Å². The number of nitrogens with two attached hydrogens (primary N) is 1. The Labute approximate surface area is 112 Å². The topological polar surface area (TPSA) is 92.5 Å². The van der Waals surface area contributed by atoms with Gasteiger partial charge in [-0.25, -0.2) is 0 Å². The minimum absolute atomic E-state index is 0.0241. The molecule has 6 nitrogen and oxygen atoms in total. The second-order valence-electron chi connectivity index (χ2n) is 5.59. The molecule has 1 atom stereocenters. The second kappa shape index (κ2) is 5.28. The Bertz CT molecular complexity index is 398.